The number of hydrogen-bond acceptors (Lipinski definition) is 4. The molecule has 0 aromatic rings. The number of unbranched alkanes of at least 4 members (excludes halogenated alkanes) is 5. The van der Waals surface area contributed by atoms with Crippen molar-refractivity contribution in [3.8, 4) is 0 Å². The van der Waals surface area contributed by atoms with Crippen LogP contribution in [0, 0.1) is 11.8 Å². The fraction of sp³-hybridized carbons (Fsp3) is 0.947. The van der Waals surface area contributed by atoms with Crippen molar-refractivity contribution in [3.05, 3.63) is 0 Å². The van der Waals surface area contributed by atoms with Crippen LogP contribution in [0.15, 0.2) is 0 Å². The summed E-state index contributed by atoms with van der Waals surface area (Å²) in [5.74, 6) is 0.0189. The van der Waals surface area contributed by atoms with E-state index in [1.807, 2.05) is 6.92 Å². The highest BCUT2D eigenvalue weighted by Crippen LogP contribution is 2.22. The minimum absolute atomic E-state index is 0.0448. The van der Waals surface area contributed by atoms with Gasteiger partial charge in [-0.25, -0.2) is 4.79 Å². The van der Waals surface area contributed by atoms with Crippen molar-refractivity contribution in [2.75, 3.05) is 14.2 Å². The fourth-order valence-electron chi connectivity index (χ4n) is 2.99. The lowest BCUT2D eigenvalue weighted by Gasteiger charge is -2.23. The number of aliphatic hydroxyl groups excluding tert-OH is 1. The zero-order valence-corrected chi connectivity index (χ0v) is 15.8. The molecule has 0 aliphatic rings. The lowest BCUT2D eigenvalue weighted by atomic mass is 9.90. The van der Waals surface area contributed by atoms with E-state index in [1.54, 1.807) is 0 Å². The zero-order valence-electron chi connectivity index (χ0n) is 15.8. The molecule has 23 heavy (non-hydrogen) atoms. The largest absolute Gasteiger partial charge is 0.467 e. The van der Waals surface area contributed by atoms with Crippen molar-refractivity contribution in [1.29, 1.82) is 0 Å². The molecule has 0 bridgehead atoms. The van der Waals surface area contributed by atoms with Crippen LogP contribution in [0.2, 0.25) is 0 Å². The molecule has 4 unspecified atom stereocenters. The first-order valence-corrected chi connectivity index (χ1v) is 9.26. The van der Waals surface area contributed by atoms with Crippen molar-refractivity contribution in [1.82, 2.24) is 0 Å². The average Bonchev–Trinajstić information content (AvgIpc) is 2.55. The summed E-state index contributed by atoms with van der Waals surface area (Å²) in [6, 6.07) is 0. The van der Waals surface area contributed by atoms with Gasteiger partial charge >= 0.3 is 5.97 Å². The van der Waals surface area contributed by atoms with E-state index < -0.39 is 6.10 Å². The van der Waals surface area contributed by atoms with E-state index in [0.717, 1.165) is 12.8 Å². The number of methoxy groups -OCH3 is 2. The monoisotopic (exact) mass is 330 g/mol. The van der Waals surface area contributed by atoms with Crippen LogP contribution in [0.25, 0.3) is 0 Å². The topological polar surface area (TPSA) is 55.8 Å². The van der Waals surface area contributed by atoms with Gasteiger partial charge in [-0.1, -0.05) is 59.3 Å². The molecule has 0 aliphatic carbocycles. The molecule has 4 heteroatoms. The molecular weight excluding hydrogens is 292 g/mol. The second-order valence-corrected chi connectivity index (χ2v) is 6.84. The third-order valence-corrected chi connectivity index (χ3v) is 4.79. The Morgan fingerprint density at radius 1 is 0.913 bits per heavy atom. The SMILES string of the molecule is CCCCCCCCC(C)C(O)CCC(C)C(OC)C(=O)OC. The Morgan fingerprint density at radius 2 is 1.52 bits per heavy atom. The van der Waals surface area contributed by atoms with Crippen LogP contribution in [-0.4, -0.2) is 37.5 Å². The first-order chi connectivity index (χ1) is 11.0. The molecule has 0 radical (unpaired) electrons. The number of ether oxygens (including phenoxy) is 2. The van der Waals surface area contributed by atoms with Crippen LogP contribution >= 0.6 is 0 Å². The highest BCUT2D eigenvalue weighted by molar-refractivity contribution is 5.74. The smallest absolute Gasteiger partial charge is 0.335 e. The molecule has 0 saturated heterocycles. The predicted octanol–water partition coefficient (Wildman–Crippen LogP) is 4.34. The molecule has 1 N–H and O–H groups in total. The van der Waals surface area contributed by atoms with Crippen LogP contribution in [0.4, 0.5) is 0 Å². The van der Waals surface area contributed by atoms with Gasteiger partial charge in [0.05, 0.1) is 13.2 Å². The number of hydrogen-bond donors (Lipinski definition) is 1. The van der Waals surface area contributed by atoms with E-state index in [0.29, 0.717) is 12.3 Å². The minimum atomic E-state index is -0.541. The first-order valence-electron chi connectivity index (χ1n) is 9.26. The highest BCUT2D eigenvalue weighted by Gasteiger charge is 2.26. The summed E-state index contributed by atoms with van der Waals surface area (Å²) in [6.45, 7) is 6.32. The van der Waals surface area contributed by atoms with Crippen molar-refractivity contribution in [2.45, 2.75) is 90.8 Å². The molecular formula is C19H38O4. The molecule has 138 valence electrons. The summed E-state index contributed by atoms with van der Waals surface area (Å²) in [6.07, 6.45) is 9.40. The van der Waals surface area contributed by atoms with Crippen LogP contribution in [-0.2, 0) is 14.3 Å². The van der Waals surface area contributed by atoms with E-state index in [9.17, 15) is 9.90 Å². The maximum absolute atomic E-state index is 11.6. The molecule has 0 saturated carbocycles. The molecule has 0 spiro atoms. The normalized spacial score (nSPS) is 16.6. The van der Waals surface area contributed by atoms with Gasteiger partial charge in [-0.15, -0.1) is 0 Å². The van der Waals surface area contributed by atoms with Crippen LogP contribution in [0.5, 0.6) is 0 Å². The summed E-state index contributed by atoms with van der Waals surface area (Å²) >= 11 is 0. The van der Waals surface area contributed by atoms with Crippen molar-refractivity contribution in [2.24, 2.45) is 11.8 Å². The van der Waals surface area contributed by atoms with E-state index in [2.05, 4.69) is 13.8 Å². The van der Waals surface area contributed by atoms with Crippen LogP contribution < -0.4 is 0 Å². The number of esters is 1. The molecule has 0 rings (SSSR count). The molecule has 0 aromatic carbocycles. The van der Waals surface area contributed by atoms with Crippen molar-refractivity contribution in [3.63, 3.8) is 0 Å². The highest BCUT2D eigenvalue weighted by atomic mass is 16.6. The fourth-order valence-corrected chi connectivity index (χ4v) is 2.99. The maximum Gasteiger partial charge on any atom is 0.335 e. The van der Waals surface area contributed by atoms with Gasteiger partial charge in [0.1, 0.15) is 0 Å². The third-order valence-electron chi connectivity index (χ3n) is 4.79. The Kier molecular flexibility index (Phi) is 13.4. The summed E-state index contributed by atoms with van der Waals surface area (Å²) in [4.78, 5) is 11.6. The van der Waals surface area contributed by atoms with Gasteiger partial charge in [0, 0.05) is 7.11 Å². The third kappa shape index (κ3) is 9.98. The van der Waals surface area contributed by atoms with Gasteiger partial charge in [-0.3, -0.25) is 0 Å². The lowest BCUT2D eigenvalue weighted by Crippen LogP contribution is -2.32. The van der Waals surface area contributed by atoms with E-state index in [-0.39, 0.29) is 18.0 Å². The summed E-state index contributed by atoms with van der Waals surface area (Å²) in [5, 5.41) is 10.3. The summed E-state index contributed by atoms with van der Waals surface area (Å²) < 4.78 is 9.96. The van der Waals surface area contributed by atoms with E-state index >= 15 is 0 Å². The second-order valence-electron chi connectivity index (χ2n) is 6.84. The Hall–Kier alpha value is -0.610. The second kappa shape index (κ2) is 13.8. The Morgan fingerprint density at radius 3 is 2.09 bits per heavy atom. The zero-order chi connectivity index (χ0) is 17.7. The molecule has 0 aromatic heterocycles. The van der Waals surface area contributed by atoms with Gasteiger partial charge in [-0.05, 0) is 31.1 Å². The van der Waals surface area contributed by atoms with Crippen molar-refractivity contribution < 1.29 is 19.4 Å². The van der Waals surface area contributed by atoms with Gasteiger partial charge in [-0.2, -0.15) is 0 Å². The predicted molar refractivity (Wildman–Crippen MR) is 94.4 cm³/mol. The standard InChI is InChI=1S/C19H38O4/c1-6-7-8-9-10-11-12-15(2)17(20)14-13-16(3)18(22-4)19(21)23-5/h15-18,20H,6-14H2,1-5H3. The molecule has 0 amide bonds. The number of carbonyl (C=O) groups excluding carboxylic acids is 1. The van der Waals surface area contributed by atoms with Crippen molar-refractivity contribution >= 4 is 5.97 Å². The number of rotatable bonds is 14. The van der Waals surface area contributed by atoms with E-state index in [4.69, 9.17) is 9.47 Å². The van der Waals surface area contributed by atoms with Crippen LogP contribution in [0.1, 0.15) is 78.6 Å². The Balaban J connectivity index is 3.93. The molecule has 0 fully saturated rings. The molecule has 4 nitrogen and oxygen atoms in total. The van der Waals surface area contributed by atoms with Crippen LogP contribution in [0.3, 0.4) is 0 Å². The summed E-state index contributed by atoms with van der Waals surface area (Å²) in [5.41, 5.74) is 0. The molecule has 0 aliphatic heterocycles. The van der Waals surface area contributed by atoms with E-state index in [1.165, 1.54) is 52.7 Å². The van der Waals surface area contributed by atoms with Gasteiger partial charge in [0.2, 0.25) is 0 Å². The van der Waals surface area contributed by atoms with Gasteiger partial charge < -0.3 is 14.6 Å². The minimum Gasteiger partial charge on any atom is -0.467 e. The maximum atomic E-state index is 11.6. The lowest BCUT2D eigenvalue weighted by molar-refractivity contribution is -0.155. The average molecular weight is 331 g/mol. The first kappa shape index (κ1) is 22.4. The Labute approximate surface area is 142 Å². The number of carbonyl (C=O) groups is 1. The summed E-state index contributed by atoms with van der Waals surface area (Å²) in [7, 11) is 2.90. The van der Waals surface area contributed by atoms with Gasteiger partial charge in [0.15, 0.2) is 6.10 Å². The number of aliphatic hydroxyl groups is 1. The molecule has 4 atom stereocenters. The van der Waals surface area contributed by atoms with Gasteiger partial charge in [0.25, 0.3) is 0 Å². The molecule has 0 heterocycles. The quantitative estimate of drug-likeness (QED) is 0.380. The Bertz CT molecular complexity index is 293.